The van der Waals surface area contributed by atoms with Crippen molar-refractivity contribution in [2.24, 2.45) is 0 Å². The fourth-order valence-electron chi connectivity index (χ4n) is 1.57. The minimum atomic E-state index is 0.370. The van der Waals surface area contributed by atoms with Crippen LogP contribution in [0.4, 0.5) is 0 Å². The van der Waals surface area contributed by atoms with E-state index in [1.165, 1.54) is 0 Å². The first-order valence-corrected chi connectivity index (χ1v) is 5.60. The third-order valence-corrected chi connectivity index (χ3v) is 2.66. The number of hydrogen-bond donors (Lipinski definition) is 1. The smallest absolute Gasteiger partial charge is 0.140 e. The Morgan fingerprint density at radius 3 is 2.50 bits per heavy atom. The largest absolute Gasteiger partial charge is 0.495 e. The molecule has 90 valence electrons. The Balaban J connectivity index is 3.07. The van der Waals surface area contributed by atoms with E-state index in [-0.39, 0.29) is 0 Å². The maximum Gasteiger partial charge on any atom is 0.140 e. The summed E-state index contributed by atoms with van der Waals surface area (Å²) in [6.45, 7) is 4.85. The topological polar surface area (TPSA) is 30.5 Å². The summed E-state index contributed by atoms with van der Waals surface area (Å²) < 4.78 is 5.31. The Hall–Kier alpha value is -0.770. The second-order valence-corrected chi connectivity index (χ2v) is 4.29. The standard InChI is InChI=1S/C12H18ClNO2/c1-8(2)10-5-9(7-14-16-4)6-11(13)12(10)15-3/h5-6,8,14H,7H2,1-4H3. The van der Waals surface area contributed by atoms with Crippen LogP contribution in [0.3, 0.4) is 0 Å². The minimum Gasteiger partial charge on any atom is -0.495 e. The molecule has 0 aliphatic carbocycles. The molecule has 4 heteroatoms. The molecule has 1 N–H and O–H groups in total. The third-order valence-electron chi connectivity index (χ3n) is 2.38. The lowest BCUT2D eigenvalue weighted by molar-refractivity contribution is 0.0867. The predicted octanol–water partition coefficient (Wildman–Crippen LogP) is 3.12. The van der Waals surface area contributed by atoms with Crippen molar-refractivity contribution in [1.29, 1.82) is 0 Å². The molecule has 0 atom stereocenters. The summed E-state index contributed by atoms with van der Waals surface area (Å²) in [6.07, 6.45) is 0. The lowest BCUT2D eigenvalue weighted by Gasteiger charge is -2.15. The van der Waals surface area contributed by atoms with Gasteiger partial charge in [-0.3, -0.25) is 0 Å². The van der Waals surface area contributed by atoms with Gasteiger partial charge in [-0.2, -0.15) is 5.48 Å². The van der Waals surface area contributed by atoms with E-state index in [0.717, 1.165) is 16.9 Å². The first-order valence-electron chi connectivity index (χ1n) is 5.22. The second-order valence-electron chi connectivity index (χ2n) is 3.88. The Morgan fingerprint density at radius 1 is 1.31 bits per heavy atom. The average molecular weight is 244 g/mol. The van der Waals surface area contributed by atoms with E-state index in [2.05, 4.69) is 25.4 Å². The maximum atomic E-state index is 6.16. The molecule has 0 radical (unpaired) electrons. The highest BCUT2D eigenvalue weighted by atomic mass is 35.5. The van der Waals surface area contributed by atoms with Crippen molar-refractivity contribution in [2.75, 3.05) is 14.2 Å². The minimum absolute atomic E-state index is 0.370. The summed E-state index contributed by atoms with van der Waals surface area (Å²) in [7, 11) is 3.23. The molecule has 1 aromatic rings. The van der Waals surface area contributed by atoms with E-state index in [1.54, 1.807) is 14.2 Å². The molecule has 3 nitrogen and oxygen atoms in total. The molecule has 1 rings (SSSR count). The van der Waals surface area contributed by atoms with E-state index in [1.807, 2.05) is 6.07 Å². The molecule has 0 amide bonds. The molecule has 16 heavy (non-hydrogen) atoms. The van der Waals surface area contributed by atoms with E-state index in [0.29, 0.717) is 17.5 Å². The van der Waals surface area contributed by atoms with Crippen molar-refractivity contribution in [3.05, 3.63) is 28.3 Å². The molecule has 0 aliphatic rings. The fourth-order valence-corrected chi connectivity index (χ4v) is 1.90. The van der Waals surface area contributed by atoms with Crippen molar-refractivity contribution < 1.29 is 9.57 Å². The molecular formula is C12H18ClNO2. The molecule has 0 aromatic heterocycles. The third kappa shape index (κ3) is 3.11. The van der Waals surface area contributed by atoms with E-state index >= 15 is 0 Å². The molecule has 0 unspecified atom stereocenters. The lowest BCUT2D eigenvalue weighted by atomic mass is 9.99. The van der Waals surface area contributed by atoms with Gasteiger partial charge in [0, 0.05) is 6.54 Å². The Morgan fingerprint density at radius 2 is 2.00 bits per heavy atom. The summed E-state index contributed by atoms with van der Waals surface area (Å²) >= 11 is 6.16. The Kier molecular flexibility index (Phi) is 5.06. The van der Waals surface area contributed by atoms with Gasteiger partial charge in [-0.1, -0.05) is 31.5 Å². The second kappa shape index (κ2) is 6.09. The Labute approximate surface area is 102 Å². The zero-order chi connectivity index (χ0) is 12.1. The number of methoxy groups -OCH3 is 1. The number of hydroxylamine groups is 1. The zero-order valence-corrected chi connectivity index (χ0v) is 10.9. The van der Waals surface area contributed by atoms with Crippen LogP contribution in [-0.4, -0.2) is 14.2 Å². The van der Waals surface area contributed by atoms with Gasteiger partial charge in [0.2, 0.25) is 0 Å². The van der Waals surface area contributed by atoms with Crippen LogP contribution in [0.1, 0.15) is 30.9 Å². The molecular weight excluding hydrogens is 226 g/mol. The molecule has 0 heterocycles. The van der Waals surface area contributed by atoms with E-state index < -0.39 is 0 Å². The van der Waals surface area contributed by atoms with Crippen LogP contribution in [0.2, 0.25) is 5.02 Å². The summed E-state index contributed by atoms with van der Waals surface area (Å²) in [5.41, 5.74) is 4.99. The highest BCUT2D eigenvalue weighted by Gasteiger charge is 2.12. The van der Waals surface area contributed by atoms with Gasteiger partial charge in [-0.15, -0.1) is 0 Å². The quantitative estimate of drug-likeness (QED) is 0.806. The molecule has 0 saturated heterocycles. The molecule has 0 saturated carbocycles. The van der Waals surface area contributed by atoms with Crippen LogP contribution in [0, 0.1) is 0 Å². The monoisotopic (exact) mass is 243 g/mol. The predicted molar refractivity (Wildman–Crippen MR) is 65.9 cm³/mol. The number of hydrogen-bond acceptors (Lipinski definition) is 3. The highest BCUT2D eigenvalue weighted by molar-refractivity contribution is 6.32. The summed E-state index contributed by atoms with van der Waals surface area (Å²) in [6, 6.07) is 3.97. The highest BCUT2D eigenvalue weighted by Crippen LogP contribution is 2.34. The maximum absolute atomic E-state index is 6.16. The van der Waals surface area contributed by atoms with E-state index in [9.17, 15) is 0 Å². The van der Waals surface area contributed by atoms with Crippen LogP contribution in [0.5, 0.6) is 5.75 Å². The first-order chi connectivity index (χ1) is 7.60. The van der Waals surface area contributed by atoms with E-state index in [4.69, 9.17) is 21.2 Å². The average Bonchev–Trinajstić information content (AvgIpc) is 2.25. The van der Waals surface area contributed by atoms with Gasteiger partial charge < -0.3 is 9.57 Å². The van der Waals surface area contributed by atoms with Crippen LogP contribution < -0.4 is 10.2 Å². The van der Waals surface area contributed by atoms with Crippen molar-refractivity contribution in [2.45, 2.75) is 26.3 Å². The van der Waals surface area contributed by atoms with Gasteiger partial charge in [0.05, 0.1) is 19.2 Å². The van der Waals surface area contributed by atoms with Crippen molar-refractivity contribution in [3.8, 4) is 5.75 Å². The molecule has 1 aromatic carbocycles. The Bertz CT molecular complexity index is 353. The van der Waals surface area contributed by atoms with Crippen molar-refractivity contribution in [3.63, 3.8) is 0 Å². The first kappa shape index (κ1) is 13.3. The molecule has 0 bridgehead atoms. The van der Waals surface area contributed by atoms with Crippen LogP contribution in [-0.2, 0) is 11.4 Å². The van der Waals surface area contributed by atoms with Gasteiger partial charge in [-0.25, -0.2) is 0 Å². The number of rotatable bonds is 5. The molecule has 0 spiro atoms. The van der Waals surface area contributed by atoms with Gasteiger partial charge in [0.1, 0.15) is 5.75 Å². The van der Waals surface area contributed by atoms with Crippen LogP contribution in [0.25, 0.3) is 0 Å². The number of halogens is 1. The van der Waals surface area contributed by atoms with Gasteiger partial charge >= 0.3 is 0 Å². The molecule has 0 aliphatic heterocycles. The zero-order valence-electron chi connectivity index (χ0n) is 10.1. The fraction of sp³-hybridized carbons (Fsp3) is 0.500. The number of benzene rings is 1. The molecule has 0 fully saturated rings. The van der Waals surface area contributed by atoms with Crippen LogP contribution in [0.15, 0.2) is 12.1 Å². The summed E-state index contributed by atoms with van der Waals surface area (Å²) in [5.74, 6) is 1.13. The summed E-state index contributed by atoms with van der Waals surface area (Å²) in [4.78, 5) is 4.82. The lowest BCUT2D eigenvalue weighted by Crippen LogP contribution is -2.11. The van der Waals surface area contributed by atoms with Crippen LogP contribution >= 0.6 is 11.6 Å². The van der Waals surface area contributed by atoms with Crippen molar-refractivity contribution >= 4 is 11.6 Å². The van der Waals surface area contributed by atoms with Gasteiger partial charge in [0.15, 0.2) is 0 Å². The normalized spacial score (nSPS) is 10.9. The van der Waals surface area contributed by atoms with Gasteiger partial charge in [0.25, 0.3) is 0 Å². The number of ether oxygens (including phenoxy) is 1. The number of nitrogens with one attached hydrogen (secondary N) is 1. The van der Waals surface area contributed by atoms with Gasteiger partial charge in [-0.05, 0) is 23.1 Å². The van der Waals surface area contributed by atoms with Crippen molar-refractivity contribution in [1.82, 2.24) is 5.48 Å². The SMILES string of the molecule is CONCc1cc(Cl)c(OC)c(C(C)C)c1. The summed E-state index contributed by atoms with van der Waals surface area (Å²) in [5, 5.41) is 0.640.